The van der Waals surface area contributed by atoms with Crippen LogP contribution in [-0.2, 0) is 0 Å². The zero-order valence-electron chi connectivity index (χ0n) is 27.5. The number of benzene rings is 9. The van der Waals surface area contributed by atoms with Crippen LogP contribution in [0.1, 0.15) is 0 Å². The summed E-state index contributed by atoms with van der Waals surface area (Å²) in [6.07, 6.45) is 0. The highest BCUT2D eigenvalue weighted by Crippen LogP contribution is 2.50. The van der Waals surface area contributed by atoms with Gasteiger partial charge in [0, 0.05) is 58.0 Å². The number of fused-ring (bicyclic) bond motifs is 10. The first-order chi connectivity index (χ1) is 25.3. The average Bonchev–Trinajstić information content (AvgIpc) is 3.77. The molecular weight excluding hydrogens is 655 g/mol. The smallest absolute Gasteiger partial charge is 0.0640 e. The number of anilines is 3. The average molecular weight is 684 g/mol. The minimum absolute atomic E-state index is 1.15. The van der Waals surface area contributed by atoms with Crippen LogP contribution in [0.25, 0.3) is 83.8 Å². The van der Waals surface area contributed by atoms with Crippen molar-refractivity contribution in [3.63, 3.8) is 0 Å². The second kappa shape index (κ2) is 11.3. The minimum Gasteiger partial charge on any atom is -0.309 e. The monoisotopic (exact) mass is 683 g/mol. The van der Waals surface area contributed by atoms with Gasteiger partial charge in [0.25, 0.3) is 0 Å². The van der Waals surface area contributed by atoms with Crippen molar-refractivity contribution in [2.24, 2.45) is 0 Å². The Kier molecular flexibility index (Phi) is 6.36. The van der Waals surface area contributed by atoms with Gasteiger partial charge in [0.05, 0.1) is 10.4 Å². The number of nitrogens with zero attached hydrogens (tertiary/aromatic N) is 1. The van der Waals surface area contributed by atoms with Crippen molar-refractivity contribution in [1.82, 2.24) is 0 Å². The van der Waals surface area contributed by atoms with Crippen LogP contribution in [0.2, 0.25) is 0 Å². The fourth-order valence-electron chi connectivity index (χ4n) is 8.02. The van der Waals surface area contributed by atoms with Crippen molar-refractivity contribution in [2.75, 3.05) is 4.90 Å². The Hall–Kier alpha value is -6.00. The van der Waals surface area contributed by atoms with Gasteiger partial charge in [0.2, 0.25) is 0 Å². The molecule has 11 rings (SSSR count). The van der Waals surface area contributed by atoms with E-state index in [1.165, 1.54) is 89.5 Å². The Balaban J connectivity index is 1.20. The van der Waals surface area contributed by atoms with Crippen LogP contribution in [-0.4, -0.2) is 0 Å². The van der Waals surface area contributed by atoms with Crippen LogP contribution in [0.5, 0.6) is 0 Å². The molecule has 1 nitrogen and oxygen atoms in total. The van der Waals surface area contributed by atoms with E-state index in [4.69, 9.17) is 0 Å². The lowest BCUT2D eigenvalue weighted by atomic mass is 9.94. The topological polar surface area (TPSA) is 3.24 Å². The fourth-order valence-corrected chi connectivity index (χ4v) is 10.6. The molecule has 0 N–H and O–H groups in total. The maximum atomic E-state index is 2.47. The van der Waals surface area contributed by atoms with Gasteiger partial charge in [0.15, 0.2) is 0 Å². The van der Waals surface area contributed by atoms with Gasteiger partial charge in [-0.25, -0.2) is 0 Å². The summed E-state index contributed by atoms with van der Waals surface area (Å²) < 4.78 is 5.30. The second-order valence-corrected chi connectivity index (χ2v) is 15.4. The van der Waals surface area contributed by atoms with Crippen LogP contribution < -0.4 is 4.90 Å². The highest BCUT2D eigenvalue weighted by atomic mass is 32.1. The van der Waals surface area contributed by atoms with E-state index in [0.717, 1.165) is 11.4 Å². The third-order valence-electron chi connectivity index (χ3n) is 10.4. The molecule has 238 valence electrons. The first-order valence-electron chi connectivity index (χ1n) is 17.3. The van der Waals surface area contributed by atoms with Crippen molar-refractivity contribution >= 4 is 112 Å². The predicted octanol–water partition coefficient (Wildman–Crippen LogP) is 15.0. The highest BCUT2D eigenvalue weighted by molar-refractivity contribution is 7.27. The van der Waals surface area contributed by atoms with E-state index in [-0.39, 0.29) is 0 Å². The summed E-state index contributed by atoms with van der Waals surface area (Å²) in [5.74, 6) is 0. The molecule has 0 saturated heterocycles. The van der Waals surface area contributed by atoms with Crippen molar-refractivity contribution in [1.29, 1.82) is 0 Å². The lowest BCUT2D eigenvalue weighted by Crippen LogP contribution is -2.10. The molecule has 2 aromatic heterocycles. The van der Waals surface area contributed by atoms with E-state index >= 15 is 0 Å². The van der Waals surface area contributed by atoms with E-state index in [2.05, 4.69) is 181 Å². The zero-order chi connectivity index (χ0) is 33.5. The lowest BCUT2D eigenvalue weighted by Gasteiger charge is -2.26. The van der Waals surface area contributed by atoms with Crippen LogP contribution in [0.3, 0.4) is 0 Å². The van der Waals surface area contributed by atoms with E-state index in [9.17, 15) is 0 Å². The summed E-state index contributed by atoms with van der Waals surface area (Å²) >= 11 is 3.82. The van der Waals surface area contributed by atoms with Crippen molar-refractivity contribution in [3.05, 3.63) is 176 Å². The van der Waals surface area contributed by atoms with Gasteiger partial charge in [-0.1, -0.05) is 133 Å². The van der Waals surface area contributed by atoms with E-state index < -0.39 is 0 Å². The van der Waals surface area contributed by atoms with Gasteiger partial charge in [-0.05, 0) is 75.0 Å². The Labute approximate surface area is 302 Å². The Morgan fingerprint density at radius 2 is 0.863 bits per heavy atom. The molecule has 2 heterocycles. The molecule has 0 saturated carbocycles. The molecule has 0 bridgehead atoms. The van der Waals surface area contributed by atoms with E-state index in [1.807, 2.05) is 22.7 Å². The molecular formula is C48H29NS2. The Morgan fingerprint density at radius 1 is 0.314 bits per heavy atom. The van der Waals surface area contributed by atoms with Crippen LogP contribution >= 0.6 is 22.7 Å². The van der Waals surface area contributed by atoms with Gasteiger partial charge in [-0.3, -0.25) is 0 Å². The minimum atomic E-state index is 1.15. The van der Waals surface area contributed by atoms with Gasteiger partial charge < -0.3 is 4.90 Å². The lowest BCUT2D eigenvalue weighted by molar-refractivity contribution is 1.31. The maximum Gasteiger partial charge on any atom is 0.0640 e. The quantitative estimate of drug-likeness (QED) is 0.178. The molecule has 0 radical (unpaired) electrons. The van der Waals surface area contributed by atoms with Crippen molar-refractivity contribution in [3.8, 4) is 11.1 Å². The molecule has 0 aliphatic rings. The number of hydrogen-bond acceptors (Lipinski definition) is 3. The van der Waals surface area contributed by atoms with Crippen LogP contribution in [0, 0.1) is 0 Å². The van der Waals surface area contributed by atoms with E-state index in [0.29, 0.717) is 0 Å². The van der Waals surface area contributed by atoms with Crippen LogP contribution in [0.15, 0.2) is 176 Å². The molecule has 51 heavy (non-hydrogen) atoms. The zero-order valence-corrected chi connectivity index (χ0v) is 29.1. The number of rotatable bonds is 4. The first kappa shape index (κ1) is 28.8. The summed E-state index contributed by atoms with van der Waals surface area (Å²) in [4.78, 5) is 2.46. The third kappa shape index (κ3) is 4.45. The maximum absolute atomic E-state index is 2.47. The SMILES string of the molecule is c1ccc2cc(N(c3ccc4ccccc4c3)c3cccc4c3sc3c5ccccc5c(-c5cccc6c5sc5ccccc56)cc43)ccc2c1. The summed E-state index contributed by atoms with van der Waals surface area (Å²) in [6.45, 7) is 0. The Morgan fingerprint density at radius 3 is 1.59 bits per heavy atom. The predicted molar refractivity (Wildman–Crippen MR) is 225 cm³/mol. The van der Waals surface area contributed by atoms with Crippen molar-refractivity contribution < 1.29 is 0 Å². The molecule has 0 unspecified atom stereocenters. The molecule has 0 aliphatic carbocycles. The molecule has 0 atom stereocenters. The largest absolute Gasteiger partial charge is 0.309 e. The number of hydrogen-bond donors (Lipinski definition) is 0. The molecule has 3 heteroatoms. The van der Waals surface area contributed by atoms with Gasteiger partial charge >= 0.3 is 0 Å². The standard InChI is InChI=1S/C48H29NS2/c1-3-13-32-27-34(25-23-30(32)11-1)49(35-26-24-31-12-2-4-14-33(31)28-35)44-21-10-20-41-43-29-42(36-15-5-6-17-38(36)47(43)51-48(41)44)40-19-9-18-39-37-16-7-8-22-45(37)50-46(39)40/h1-29H. The molecule has 11 aromatic rings. The summed E-state index contributed by atoms with van der Waals surface area (Å²) in [6, 6.07) is 64.9. The van der Waals surface area contributed by atoms with E-state index in [1.54, 1.807) is 0 Å². The molecule has 0 aliphatic heterocycles. The Bertz CT molecular complexity index is 3090. The summed E-state index contributed by atoms with van der Waals surface area (Å²) in [5, 5.41) is 12.8. The molecule has 0 amide bonds. The van der Waals surface area contributed by atoms with Gasteiger partial charge in [-0.2, -0.15) is 0 Å². The highest BCUT2D eigenvalue weighted by Gasteiger charge is 2.21. The van der Waals surface area contributed by atoms with Gasteiger partial charge in [0.1, 0.15) is 0 Å². The fraction of sp³-hybridized carbons (Fsp3) is 0. The number of thiophene rings is 2. The second-order valence-electron chi connectivity index (χ2n) is 13.3. The van der Waals surface area contributed by atoms with Gasteiger partial charge in [-0.15, -0.1) is 22.7 Å². The van der Waals surface area contributed by atoms with Crippen LogP contribution in [0.4, 0.5) is 17.1 Å². The summed E-state index contributed by atoms with van der Waals surface area (Å²) in [5.41, 5.74) is 6.08. The van der Waals surface area contributed by atoms with Crippen molar-refractivity contribution in [2.45, 2.75) is 0 Å². The summed E-state index contributed by atoms with van der Waals surface area (Å²) in [7, 11) is 0. The third-order valence-corrected chi connectivity index (χ3v) is 12.9. The molecule has 0 fully saturated rings. The first-order valence-corrected chi connectivity index (χ1v) is 19.0. The molecule has 0 spiro atoms. The molecule has 9 aromatic carbocycles. The normalized spacial score (nSPS) is 11.9.